The van der Waals surface area contributed by atoms with Crippen molar-refractivity contribution in [1.29, 1.82) is 0 Å². The summed E-state index contributed by atoms with van der Waals surface area (Å²) in [6, 6.07) is 8.26. The molecule has 5 nitrogen and oxygen atoms in total. The lowest BCUT2D eigenvalue weighted by atomic mass is 9.78. The minimum Gasteiger partial charge on any atom is -0.507 e. The van der Waals surface area contributed by atoms with E-state index in [-0.39, 0.29) is 10.8 Å². The third-order valence-corrected chi connectivity index (χ3v) is 5.24. The van der Waals surface area contributed by atoms with E-state index in [0.717, 1.165) is 39.1 Å². The molecule has 0 amide bonds. The number of fused-ring (bicyclic) bond motifs is 1. The summed E-state index contributed by atoms with van der Waals surface area (Å²) in [4.78, 5) is 4.73. The number of nitrogens with zero attached hydrogens (tertiary/aromatic N) is 3. The Kier molecular flexibility index (Phi) is 5.48. The zero-order chi connectivity index (χ0) is 21.6. The molecule has 5 heteroatoms. The first-order valence-corrected chi connectivity index (χ1v) is 10.1. The lowest BCUT2D eigenvalue weighted by molar-refractivity contribution is 0.184. The Labute approximate surface area is 173 Å². The van der Waals surface area contributed by atoms with E-state index >= 15 is 0 Å². The van der Waals surface area contributed by atoms with Crippen LogP contribution in [0.2, 0.25) is 0 Å². The van der Waals surface area contributed by atoms with Gasteiger partial charge in [-0.25, -0.2) is 9.67 Å². The molecule has 0 unspecified atom stereocenters. The molecule has 0 aliphatic heterocycles. The molecule has 0 radical (unpaired) electrons. The summed E-state index contributed by atoms with van der Waals surface area (Å²) in [5.41, 5.74) is 5.19. The standard InChI is InChI=1S/C24H33N3O2/c1-15-9-10-17-20(26-27(11-12-29-8)22(17)25-15)16-13-18(23(2,3)4)21(28)19(14-16)24(5,6)7/h9-10,13-14,28H,11-12H2,1-8H3. The van der Waals surface area contributed by atoms with Crippen molar-refractivity contribution in [3.63, 3.8) is 0 Å². The Bertz CT molecular complexity index is 1000. The summed E-state index contributed by atoms with van der Waals surface area (Å²) in [5.74, 6) is 0.380. The number of aromatic nitrogens is 3. The van der Waals surface area contributed by atoms with Gasteiger partial charge in [0.2, 0.25) is 0 Å². The maximum absolute atomic E-state index is 11.0. The van der Waals surface area contributed by atoms with Crippen molar-refractivity contribution in [2.24, 2.45) is 0 Å². The van der Waals surface area contributed by atoms with E-state index in [4.69, 9.17) is 14.8 Å². The van der Waals surface area contributed by atoms with Gasteiger partial charge in [-0.15, -0.1) is 0 Å². The third kappa shape index (κ3) is 4.15. The molecule has 0 saturated carbocycles. The molecular weight excluding hydrogens is 362 g/mol. The zero-order valence-corrected chi connectivity index (χ0v) is 18.9. The van der Waals surface area contributed by atoms with Crippen molar-refractivity contribution >= 4 is 11.0 Å². The van der Waals surface area contributed by atoms with Gasteiger partial charge in [0.05, 0.1) is 13.2 Å². The van der Waals surface area contributed by atoms with Crippen molar-refractivity contribution in [3.8, 4) is 17.0 Å². The van der Waals surface area contributed by atoms with E-state index in [1.54, 1.807) is 7.11 Å². The highest BCUT2D eigenvalue weighted by Gasteiger charge is 2.28. The number of benzene rings is 1. The highest BCUT2D eigenvalue weighted by Crippen LogP contribution is 2.42. The topological polar surface area (TPSA) is 60.2 Å². The second-order valence-corrected chi connectivity index (χ2v) is 9.81. The number of pyridine rings is 1. The number of rotatable bonds is 4. The second-order valence-electron chi connectivity index (χ2n) is 9.81. The molecule has 0 bridgehead atoms. The largest absolute Gasteiger partial charge is 0.507 e. The van der Waals surface area contributed by atoms with Crippen molar-refractivity contribution in [1.82, 2.24) is 14.8 Å². The number of aryl methyl sites for hydroxylation is 1. The van der Waals surface area contributed by atoms with Gasteiger partial charge in [0.1, 0.15) is 11.4 Å². The van der Waals surface area contributed by atoms with Crippen LogP contribution in [0.4, 0.5) is 0 Å². The summed E-state index contributed by atoms with van der Waals surface area (Å²) in [7, 11) is 1.69. The van der Waals surface area contributed by atoms with Crippen LogP contribution in [0.15, 0.2) is 24.3 Å². The minimum absolute atomic E-state index is 0.191. The van der Waals surface area contributed by atoms with Gasteiger partial charge in [0.25, 0.3) is 0 Å². The van der Waals surface area contributed by atoms with Crippen molar-refractivity contribution in [2.75, 3.05) is 13.7 Å². The maximum atomic E-state index is 11.0. The molecule has 29 heavy (non-hydrogen) atoms. The monoisotopic (exact) mass is 395 g/mol. The first-order valence-electron chi connectivity index (χ1n) is 10.1. The first-order chi connectivity index (χ1) is 13.4. The van der Waals surface area contributed by atoms with Crippen LogP contribution in [0.5, 0.6) is 5.75 Å². The smallest absolute Gasteiger partial charge is 0.158 e. The van der Waals surface area contributed by atoms with Crippen LogP contribution in [-0.2, 0) is 22.1 Å². The van der Waals surface area contributed by atoms with E-state index in [0.29, 0.717) is 18.9 Å². The number of methoxy groups -OCH3 is 1. The van der Waals surface area contributed by atoms with Crippen LogP contribution < -0.4 is 0 Å². The lowest BCUT2D eigenvalue weighted by Crippen LogP contribution is -2.17. The first kappa shape index (κ1) is 21.3. The van der Waals surface area contributed by atoms with Crippen LogP contribution in [0.25, 0.3) is 22.3 Å². The van der Waals surface area contributed by atoms with Gasteiger partial charge >= 0.3 is 0 Å². The molecule has 2 heterocycles. The van der Waals surface area contributed by atoms with E-state index in [1.807, 2.05) is 17.7 Å². The van der Waals surface area contributed by atoms with Crippen molar-refractivity contribution < 1.29 is 9.84 Å². The Morgan fingerprint density at radius 3 is 2.10 bits per heavy atom. The van der Waals surface area contributed by atoms with Crippen LogP contribution in [0.1, 0.15) is 58.4 Å². The predicted molar refractivity (Wildman–Crippen MR) is 119 cm³/mol. The number of ether oxygens (including phenoxy) is 1. The molecule has 0 atom stereocenters. The van der Waals surface area contributed by atoms with E-state index in [2.05, 4.69) is 59.7 Å². The van der Waals surface area contributed by atoms with Crippen LogP contribution in [0, 0.1) is 6.92 Å². The van der Waals surface area contributed by atoms with E-state index in [1.165, 1.54) is 0 Å². The molecule has 1 N–H and O–H groups in total. The van der Waals surface area contributed by atoms with Gasteiger partial charge in [-0.1, -0.05) is 41.5 Å². The molecule has 0 spiro atoms. The quantitative estimate of drug-likeness (QED) is 0.646. The Hall–Kier alpha value is -2.40. The summed E-state index contributed by atoms with van der Waals surface area (Å²) in [6.45, 7) is 15.9. The van der Waals surface area contributed by atoms with Crippen LogP contribution in [0.3, 0.4) is 0 Å². The fourth-order valence-electron chi connectivity index (χ4n) is 3.61. The van der Waals surface area contributed by atoms with Gasteiger partial charge in [0.15, 0.2) is 5.65 Å². The molecule has 2 aromatic heterocycles. The Morgan fingerprint density at radius 2 is 1.59 bits per heavy atom. The SMILES string of the molecule is COCCn1nc(-c2cc(C(C)(C)C)c(O)c(C(C)(C)C)c2)c2ccc(C)nc21. The highest BCUT2D eigenvalue weighted by molar-refractivity contribution is 5.92. The predicted octanol–water partition coefficient (Wildman–Crippen LogP) is 5.35. The summed E-state index contributed by atoms with van der Waals surface area (Å²) < 4.78 is 7.18. The van der Waals surface area contributed by atoms with Crippen molar-refractivity contribution in [3.05, 3.63) is 41.1 Å². The number of phenols is 1. The fraction of sp³-hybridized carbons (Fsp3) is 0.500. The number of aromatic hydroxyl groups is 1. The summed E-state index contributed by atoms with van der Waals surface area (Å²) >= 11 is 0. The Morgan fingerprint density at radius 1 is 1.00 bits per heavy atom. The second kappa shape index (κ2) is 7.45. The summed E-state index contributed by atoms with van der Waals surface area (Å²) in [6.07, 6.45) is 0. The zero-order valence-electron chi connectivity index (χ0n) is 18.9. The molecule has 0 fully saturated rings. The number of hydrogen-bond acceptors (Lipinski definition) is 4. The van der Waals surface area contributed by atoms with E-state index in [9.17, 15) is 5.11 Å². The minimum atomic E-state index is -0.191. The van der Waals surface area contributed by atoms with Crippen LogP contribution in [-0.4, -0.2) is 33.6 Å². The Balaban J connectivity index is 2.32. The van der Waals surface area contributed by atoms with Crippen molar-refractivity contribution in [2.45, 2.75) is 65.8 Å². The van der Waals surface area contributed by atoms with E-state index < -0.39 is 0 Å². The molecule has 0 aliphatic rings. The molecule has 3 rings (SSSR count). The van der Waals surface area contributed by atoms with Crippen LogP contribution >= 0.6 is 0 Å². The lowest BCUT2D eigenvalue weighted by Gasteiger charge is -2.28. The van der Waals surface area contributed by atoms with Gasteiger partial charge < -0.3 is 9.84 Å². The molecule has 0 aliphatic carbocycles. The third-order valence-electron chi connectivity index (χ3n) is 5.24. The number of phenolic OH excluding ortho intramolecular Hbond substituents is 1. The molecular formula is C24H33N3O2. The summed E-state index contributed by atoms with van der Waals surface area (Å²) in [5, 5.41) is 17.0. The van der Waals surface area contributed by atoms with Gasteiger partial charge in [-0.3, -0.25) is 0 Å². The average Bonchev–Trinajstić information content (AvgIpc) is 2.96. The molecule has 156 valence electrons. The normalized spacial score (nSPS) is 12.7. The highest BCUT2D eigenvalue weighted by atomic mass is 16.5. The van der Waals surface area contributed by atoms with Gasteiger partial charge in [0, 0.05) is 34.9 Å². The molecule has 3 aromatic rings. The number of hydrogen-bond donors (Lipinski definition) is 1. The molecule has 0 saturated heterocycles. The van der Waals surface area contributed by atoms with Gasteiger partial charge in [-0.2, -0.15) is 5.10 Å². The molecule has 1 aromatic carbocycles. The average molecular weight is 396 g/mol. The maximum Gasteiger partial charge on any atom is 0.158 e. The van der Waals surface area contributed by atoms with Gasteiger partial charge in [-0.05, 0) is 42.0 Å². The fourth-order valence-corrected chi connectivity index (χ4v) is 3.61.